The summed E-state index contributed by atoms with van der Waals surface area (Å²) in [5, 5.41) is 4.91. The van der Waals surface area contributed by atoms with Gasteiger partial charge in [-0.25, -0.2) is 0 Å². The summed E-state index contributed by atoms with van der Waals surface area (Å²) >= 11 is 0. The molecule has 0 saturated carbocycles. The minimum Gasteiger partial charge on any atom is -0.313 e. The summed E-state index contributed by atoms with van der Waals surface area (Å²) in [4.78, 5) is 6.97. The minimum atomic E-state index is 0.667. The summed E-state index contributed by atoms with van der Waals surface area (Å²) in [6.45, 7) is 6.81. The van der Waals surface area contributed by atoms with Gasteiger partial charge in [0.05, 0.1) is 5.52 Å². The van der Waals surface area contributed by atoms with E-state index in [1.165, 1.54) is 43.3 Å². The number of fused-ring (bicyclic) bond motifs is 1. The van der Waals surface area contributed by atoms with Crippen molar-refractivity contribution in [1.82, 2.24) is 15.2 Å². The zero-order valence-corrected chi connectivity index (χ0v) is 12.9. The number of rotatable bonds is 5. The second-order valence-corrected chi connectivity index (χ2v) is 6.06. The molecule has 1 aromatic heterocycles. The Hall–Kier alpha value is -1.45. The predicted octanol–water partition coefficient (Wildman–Crippen LogP) is 3.20. The minimum absolute atomic E-state index is 0.667. The quantitative estimate of drug-likeness (QED) is 0.913. The molecule has 1 atom stereocenters. The summed E-state index contributed by atoms with van der Waals surface area (Å²) in [6.07, 6.45) is 5.69. The highest BCUT2D eigenvalue weighted by Gasteiger charge is 2.19. The van der Waals surface area contributed by atoms with Gasteiger partial charge in [0.15, 0.2) is 0 Å². The van der Waals surface area contributed by atoms with E-state index >= 15 is 0 Å². The van der Waals surface area contributed by atoms with Crippen LogP contribution in [-0.2, 0) is 6.54 Å². The van der Waals surface area contributed by atoms with Crippen LogP contribution in [0.25, 0.3) is 10.9 Å². The fraction of sp³-hybridized carbons (Fsp3) is 0.500. The van der Waals surface area contributed by atoms with Crippen molar-refractivity contribution in [1.29, 1.82) is 0 Å². The van der Waals surface area contributed by atoms with Gasteiger partial charge in [0.25, 0.3) is 0 Å². The smallest absolute Gasteiger partial charge is 0.0702 e. The molecule has 0 radical (unpaired) electrons. The van der Waals surface area contributed by atoms with Crippen molar-refractivity contribution in [2.75, 3.05) is 19.6 Å². The van der Waals surface area contributed by atoms with Gasteiger partial charge in [-0.3, -0.25) is 9.88 Å². The second kappa shape index (κ2) is 7.01. The summed E-state index contributed by atoms with van der Waals surface area (Å²) < 4.78 is 0. The molecule has 3 rings (SSSR count). The highest BCUT2D eigenvalue weighted by Crippen LogP contribution is 2.17. The third-order valence-electron chi connectivity index (χ3n) is 4.26. The monoisotopic (exact) mass is 283 g/mol. The average Bonchev–Trinajstić information content (AvgIpc) is 2.53. The molecule has 0 aliphatic carbocycles. The average molecular weight is 283 g/mol. The van der Waals surface area contributed by atoms with Gasteiger partial charge in [0, 0.05) is 30.7 Å². The number of pyridine rings is 1. The predicted molar refractivity (Wildman–Crippen MR) is 88.3 cm³/mol. The molecule has 1 fully saturated rings. The largest absolute Gasteiger partial charge is 0.313 e. The Morgan fingerprint density at radius 2 is 2.29 bits per heavy atom. The summed E-state index contributed by atoms with van der Waals surface area (Å²) in [7, 11) is 0. The number of piperidine rings is 1. The molecule has 1 aliphatic rings. The summed E-state index contributed by atoms with van der Waals surface area (Å²) in [6, 6.07) is 11.5. The van der Waals surface area contributed by atoms with E-state index in [-0.39, 0.29) is 0 Å². The van der Waals surface area contributed by atoms with Crippen molar-refractivity contribution in [3.63, 3.8) is 0 Å². The number of aromatic nitrogens is 1. The maximum Gasteiger partial charge on any atom is 0.0702 e. The zero-order valence-electron chi connectivity index (χ0n) is 12.9. The number of nitrogens with one attached hydrogen (secondary N) is 1. The SMILES string of the molecule is CCCNC1CCCN(Cc2ccc3ncccc3c2)C1. The van der Waals surface area contributed by atoms with E-state index in [2.05, 4.69) is 46.4 Å². The highest BCUT2D eigenvalue weighted by molar-refractivity contribution is 5.78. The lowest BCUT2D eigenvalue weighted by molar-refractivity contribution is 0.184. The van der Waals surface area contributed by atoms with Gasteiger partial charge in [0.2, 0.25) is 0 Å². The Morgan fingerprint density at radius 3 is 3.19 bits per heavy atom. The Labute approximate surface area is 127 Å². The molecule has 1 aromatic carbocycles. The highest BCUT2D eigenvalue weighted by atomic mass is 15.2. The number of nitrogens with zero attached hydrogens (tertiary/aromatic N) is 2. The topological polar surface area (TPSA) is 28.2 Å². The molecule has 3 heteroatoms. The molecular weight excluding hydrogens is 258 g/mol. The molecule has 112 valence electrons. The molecular formula is C18H25N3. The molecule has 2 heterocycles. The van der Waals surface area contributed by atoms with Crippen LogP contribution in [0.4, 0.5) is 0 Å². The van der Waals surface area contributed by atoms with Gasteiger partial charge in [0.1, 0.15) is 0 Å². The maximum absolute atomic E-state index is 4.39. The molecule has 1 saturated heterocycles. The fourth-order valence-corrected chi connectivity index (χ4v) is 3.20. The Morgan fingerprint density at radius 1 is 1.33 bits per heavy atom. The van der Waals surface area contributed by atoms with Crippen LogP contribution in [0, 0.1) is 0 Å². The Kier molecular flexibility index (Phi) is 4.84. The van der Waals surface area contributed by atoms with Crippen molar-refractivity contribution < 1.29 is 0 Å². The molecule has 0 spiro atoms. The van der Waals surface area contributed by atoms with Crippen molar-refractivity contribution in [3.05, 3.63) is 42.1 Å². The van der Waals surface area contributed by atoms with Crippen molar-refractivity contribution >= 4 is 10.9 Å². The van der Waals surface area contributed by atoms with Gasteiger partial charge in [-0.05, 0) is 56.1 Å². The van der Waals surface area contributed by atoms with E-state index in [9.17, 15) is 0 Å². The van der Waals surface area contributed by atoms with E-state index in [0.29, 0.717) is 6.04 Å². The van der Waals surface area contributed by atoms with E-state index in [1.54, 1.807) is 0 Å². The first-order chi connectivity index (χ1) is 10.3. The van der Waals surface area contributed by atoms with Gasteiger partial charge in [-0.15, -0.1) is 0 Å². The lowest BCUT2D eigenvalue weighted by Gasteiger charge is -2.33. The van der Waals surface area contributed by atoms with Crippen molar-refractivity contribution in [2.24, 2.45) is 0 Å². The van der Waals surface area contributed by atoms with Gasteiger partial charge in [-0.2, -0.15) is 0 Å². The van der Waals surface area contributed by atoms with E-state index in [1.807, 2.05) is 12.3 Å². The first-order valence-corrected chi connectivity index (χ1v) is 8.14. The molecule has 1 aliphatic heterocycles. The van der Waals surface area contributed by atoms with Gasteiger partial charge < -0.3 is 5.32 Å². The van der Waals surface area contributed by atoms with Crippen LogP contribution in [-0.4, -0.2) is 35.6 Å². The summed E-state index contributed by atoms with van der Waals surface area (Å²) in [5.41, 5.74) is 2.48. The van der Waals surface area contributed by atoms with Crippen molar-refractivity contribution in [3.8, 4) is 0 Å². The first-order valence-electron chi connectivity index (χ1n) is 8.14. The zero-order chi connectivity index (χ0) is 14.5. The van der Waals surface area contributed by atoms with Crippen LogP contribution < -0.4 is 5.32 Å². The third kappa shape index (κ3) is 3.80. The molecule has 0 bridgehead atoms. The van der Waals surface area contributed by atoms with Crippen LogP contribution >= 0.6 is 0 Å². The number of hydrogen-bond acceptors (Lipinski definition) is 3. The molecule has 1 unspecified atom stereocenters. The molecule has 0 amide bonds. The van der Waals surface area contributed by atoms with Gasteiger partial charge in [-0.1, -0.05) is 19.1 Å². The fourth-order valence-electron chi connectivity index (χ4n) is 3.20. The van der Waals surface area contributed by atoms with Crippen LogP contribution in [0.5, 0.6) is 0 Å². The molecule has 2 aromatic rings. The van der Waals surface area contributed by atoms with E-state index in [0.717, 1.165) is 18.6 Å². The van der Waals surface area contributed by atoms with E-state index < -0.39 is 0 Å². The summed E-state index contributed by atoms with van der Waals surface area (Å²) in [5.74, 6) is 0. The Bertz CT molecular complexity index is 581. The second-order valence-electron chi connectivity index (χ2n) is 6.06. The van der Waals surface area contributed by atoms with E-state index in [4.69, 9.17) is 0 Å². The standard InChI is InChI=1S/C18H25N3/c1-2-9-19-17-6-4-11-21(14-17)13-15-7-8-18-16(12-15)5-3-10-20-18/h3,5,7-8,10,12,17,19H,2,4,6,9,11,13-14H2,1H3. The first kappa shape index (κ1) is 14.5. The lowest BCUT2D eigenvalue weighted by atomic mass is 10.0. The number of likely N-dealkylation sites (tertiary alicyclic amines) is 1. The molecule has 3 nitrogen and oxygen atoms in total. The number of hydrogen-bond donors (Lipinski definition) is 1. The maximum atomic E-state index is 4.39. The molecule has 21 heavy (non-hydrogen) atoms. The number of benzene rings is 1. The third-order valence-corrected chi connectivity index (χ3v) is 4.26. The Balaban J connectivity index is 1.64. The van der Waals surface area contributed by atoms with Gasteiger partial charge >= 0.3 is 0 Å². The van der Waals surface area contributed by atoms with Crippen LogP contribution in [0.15, 0.2) is 36.5 Å². The van der Waals surface area contributed by atoms with Crippen LogP contribution in [0.2, 0.25) is 0 Å². The molecule has 1 N–H and O–H groups in total. The van der Waals surface area contributed by atoms with Crippen LogP contribution in [0.1, 0.15) is 31.7 Å². The van der Waals surface area contributed by atoms with Crippen molar-refractivity contribution in [2.45, 2.75) is 38.8 Å². The normalized spacial score (nSPS) is 20.0. The lowest BCUT2D eigenvalue weighted by Crippen LogP contribution is -2.45. The van der Waals surface area contributed by atoms with Crippen LogP contribution in [0.3, 0.4) is 0 Å².